The summed E-state index contributed by atoms with van der Waals surface area (Å²) in [4.78, 5) is 14.9. The quantitative estimate of drug-likeness (QED) is 0.562. The van der Waals surface area contributed by atoms with Crippen LogP contribution in [0.2, 0.25) is 0 Å². The monoisotopic (exact) mass is 307 g/mol. The summed E-state index contributed by atoms with van der Waals surface area (Å²) in [5.41, 5.74) is 5.43. The van der Waals surface area contributed by atoms with Gasteiger partial charge in [0.15, 0.2) is 6.61 Å². The van der Waals surface area contributed by atoms with E-state index in [1.165, 1.54) is 0 Å². The first-order valence-corrected chi connectivity index (χ1v) is 7.30. The maximum Gasteiger partial charge on any atom is 0.277 e. The van der Waals surface area contributed by atoms with Crippen LogP contribution in [0.5, 0.6) is 5.75 Å². The minimum Gasteiger partial charge on any atom is -0.483 e. The zero-order chi connectivity index (χ0) is 16.1. The third kappa shape index (κ3) is 3.77. The highest BCUT2D eigenvalue weighted by Crippen LogP contribution is 2.15. The summed E-state index contributed by atoms with van der Waals surface area (Å²) >= 11 is 0. The number of amides is 1. The van der Waals surface area contributed by atoms with E-state index in [4.69, 9.17) is 4.74 Å². The van der Waals surface area contributed by atoms with Crippen LogP contribution in [0.4, 0.5) is 0 Å². The number of para-hydroxylation sites is 1. The number of benzene rings is 2. The number of carbonyl (C=O) groups is 1. The van der Waals surface area contributed by atoms with E-state index in [9.17, 15) is 4.79 Å². The van der Waals surface area contributed by atoms with Crippen molar-refractivity contribution in [1.82, 2.24) is 10.4 Å². The van der Waals surface area contributed by atoms with E-state index >= 15 is 0 Å². The van der Waals surface area contributed by atoms with Gasteiger partial charge in [-0.3, -0.25) is 4.79 Å². The van der Waals surface area contributed by atoms with Crippen molar-refractivity contribution >= 4 is 23.0 Å². The standard InChI is InChI=1S/C18H17N3O2/c1-13-4-2-3-5-17(13)23-12-18(22)21-20-11-14-6-7-16-15(10-14)8-9-19-16/h2-11,19H,12H2,1H3,(H,21,22)/b20-11+. The summed E-state index contributed by atoms with van der Waals surface area (Å²) in [5.74, 6) is 0.400. The van der Waals surface area contributed by atoms with Gasteiger partial charge in [0.05, 0.1) is 6.21 Å². The topological polar surface area (TPSA) is 66.5 Å². The second-order valence-corrected chi connectivity index (χ2v) is 5.17. The number of H-pyrrole nitrogens is 1. The van der Waals surface area contributed by atoms with E-state index in [2.05, 4.69) is 15.5 Å². The molecule has 1 heterocycles. The predicted octanol–water partition coefficient (Wildman–Crippen LogP) is 3.01. The highest BCUT2D eigenvalue weighted by Gasteiger charge is 2.03. The summed E-state index contributed by atoms with van der Waals surface area (Å²) in [6.07, 6.45) is 3.49. The first-order valence-electron chi connectivity index (χ1n) is 7.30. The molecule has 0 spiro atoms. The van der Waals surface area contributed by atoms with Gasteiger partial charge in [-0.25, -0.2) is 5.43 Å². The van der Waals surface area contributed by atoms with Crippen LogP contribution in [-0.4, -0.2) is 23.7 Å². The van der Waals surface area contributed by atoms with Crippen molar-refractivity contribution in [3.8, 4) is 5.75 Å². The van der Waals surface area contributed by atoms with Crippen LogP contribution < -0.4 is 10.2 Å². The third-order valence-electron chi connectivity index (χ3n) is 3.43. The number of nitrogens with zero attached hydrogens (tertiary/aromatic N) is 1. The van der Waals surface area contributed by atoms with Gasteiger partial charge >= 0.3 is 0 Å². The second kappa shape index (κ2) is 6.79. The van der Waals surface area contributed by atoms with Crippen molar-refractivity contribution in [1.29, 1.82) is 0 Å². The molecular formula is C18H17N3O2. The number of hydrogen-bond donors (Lipinski definition) is 2. The molecule has 2 N–H and O–H groups in total. The molecule has 1 aromatic heterocycles. The number of hydrogen-bond acceptors (Lipinski definition) is 3. The third-order valence-corrected chi connectivity index (χ3v) is 3.43. The zero-order valence-electron chi connectivity index (χ0n) is 12.7. The fourth-order valence-electron chi connectivity index (χ4n) is 2.22. The van der Waals surface area contributed by atoms with Crippen LogP contribution in [0.25, 0.3) is 10.9 Å². The van der Waals surface area contributed by atoms with Crippen molar-refractivity contribution in [2.45, 2.75) is 6.92 Å². The molecule has 5 nitrogen and oxygen atoms in total. The molecule has 0 radical (unpaired) electrons. The van der Waals surface area contributed by atoms with Gasteiger partial charge in [0.2, 0.25) is 0 Å². The van der Waals surface area contributed by atoms with E-state index in [0.29, 0.717) is 5.75 Å². The Bertz CT molecular complexity index is 852. The Hall–Kier alpha value is -3.08. The van der Waals surface area contributed by atoms with E-state index in [-0.39, 0.29) is 12.5 Å². The summed E-state index contributed by atoms with van der Waals surface area (Å²) in [6, 6.07) is 15.4. The number of rotatable bonds is 5. The van der Waals surface area contributed by atoms with Crippen molar-refractivity contribution in [3.05, 3.63) is 65.9 Å². The van der Waals surface area contributed by atoms with Crippen LogP contribution in [0, 0.1) is 6.92 Å². The Labute approximate surface area is 134 Å². The molecule has 2 aromatic carbocycles. The van der Waals surface area contributed by atoms with Crippen LogP contribution in [-0.2, 0) is 4.79 Å². The lowest BCUT2D eigenvalue weighted by Crippen LogP contribution is -2.24. The summed E-state index contributed by atoms with van der Waals surface area (Å²) in [7, 11) is 0. The number of nitrogens with one attached hydrogen (secondary N) is 2. The highest BCUT2D eigenvalue weighted by atomic mass is 16.5. The fraction of sp³-hybridized carbons (Fsp3) is 0.111. The molecule has 0 bridgehead atoms. The van der Waals surface area contributed by atoms with Crippen LogP contribution in [0.1, 0.15) is 11.1 Å². The van der Waals surface area contributed by atoms with Gasteiger partial charge in [-0.2, -0.15) is 5.10 Å². The van der Waals surface area contributed by atoms with Crippen LogP contribution >= 0.6 is 0 Å². The van der Waals surface area contributed by atoms with Crippen molar-refractivity contribution in [2.75, 3.05) is 6.61 Å². The first kappa shape index (κ1) is 14.8. The predicted molar refractivity (Wildman–Crippen MR) is 90.7 cm³/mol. The number of carbonyl (C=O) groups excluding carboxylic acids is 1. The molecule has 0 aliphatic rings. The number of fused-ring (bicyclic) bond motifs is 1. The Balaban J connectivity index is 1.53. The molecule has 0 atom stereocenters. The molecule has 0 fully saturated rings. The van der Waals surface area contributed by atoms with E-state index < -0.39 is 0 Å². The molecule has 0 aliphatic heterocycles. The molecule has 23 heavy (non-hydrogen) atoms. The second-order valence-electron chi connectivity index (χ2n) is 5.17. The number of aromatic nitrogens is 1. The molecule has 3 rings (SSSR count). The fourth-order valence-corrected chi connectivity index (χ4v) is 2.22. The normalized spacial score (nSPS) is 11.0. The number of ether oxygens (including phenoxy) is 1. The lowest BCUT2D eigenvalue weighted by Gasteiger charge is -2.07. The van der Waals surface area contributed by atoms with Crippen molar-refractivity contribution in [2.24, 2.45) is 5.10 Å². The van der Waals surface area contributed by atoms with E-state index in [1.807, 2.05) is 61.7 Å². The van der Waals surface area contributed by atoms with Crippen LogP contribution in [0.15, 0.2) is 59.8 Å². The maximum atomic E-state index is 11.7. The minimum absolute atomic E-state index is 0.0704. The van der Waals surface area contributed by atoms with E-state index in [0.717, 1.165) is 22.0 Å². The Morgan fingerprint density at radius 2 is 2.13 bits per heavy atom. The summed E-state index contributed by atoms with van der Waals surface area (Å²) < 4.78 is 5.46. The van der Waals surface area contributed by atoms with Gasteiger partial charge in [-0.15, -0.1) is 0 Å². The SMILES string of the molecule is Cc1ccccc1OCC(=O)N/N=C/c1ccc2[nH]ccc2c1. The van der Waals surface area contributed by atoms with Gasteiger partial charge in [0.1, 0.15) is 5.75 Å². The van der Waals surface area contributed by atoms with Crippen molar-refractivity contribution in [3.63, 3.8) is 0 Å². The molecular weight excluding hydrogens is 290 g/mol. The molecule has 1 amide bonds. The molecule has 5 heteroatoms. The average molecular weight is 307 g/mol. The summed E-state index contributed by atoms with van der Waals surface area (Å²) in [6.45, 7) is 1.86. The van der Waals surface area contributed by atoms with Gasteiger partial charge in [-0.05, 0) is 47.7 Å². The lowest BCUT2D eigenvalue weighted by molar-refractivity contribution is -0.123. The summed E-state index contributed by atoms with van der Waals surface area (Å²) in [5, 5.41) is 5.05. The van der Waals surface area contributed by atoms with Gasteiger partial charge in [-0.1, -0.05) is 24.3 Å². The molecule has 0 unspecified atom stereocenters. The minimum atomic E-state index is -0.299. The van der Waals surface area contributed by atoms with E-state index in [1.54, 1.807) is 6.21 Å². The maximum absolute atomic E-state index is 11.7. The Morgan fingerprint density at radius 3 is 3.00 bits per heavy atom. The average Bonchev–Trinajstić information content (AvgIpc) is 3.02. The van der Waals surface area contributed by atoms with Crippen molar-refractivity contribution < 1.29 is 9.53 Å². The molecule has 116 valence electrons. The highest BCUT2D eigenvalue weighted by molar-refractivity contribution is 5.89. The lowest BCUT2D eigenvalue weighted by atomic mass is 10.2. The number of hydrazone groups is 1. The molecule has 0 saturated carbocycles. The van der Waals surface area contributed by atoms with Crippen LogP contribution in [0.3, 0.4) is 0 Å². The molecule has 3 aromatic rings. The number of aromatic amines is 1. The van der Waals surface area contributed by atoms with Gasteiger partial charge < -0.3 is 9.72 Å². The van der Waals surface area contributed by atoms with Gasteiger partial charge in [0.25, 0.3) is 5.91 Å². The molecule has 0 saturated heterocycles. The molecule has 0 aliphatic carbocycles. The van der Waals surface area contributed by atoms with Gasteiger partial charge in [0, 0.05) is 11.7 Å². The number of aryl methyl sites for hydroxylation is 1. The largest absolute Gasteiger partial charge is 0.483 e. The zero-order valence-corrected chi connectivity index (χ0v) is 12.7. The Kier molecular flexibility index (Phi) is 4.38. The first-order chi connectivity index (χ1) is 11.2. The Morgan fingerprint density at radius 1 is 1.26 bits per heavy atom. The smallest absolute Gasteiger partial charge is 0.277 e.